The van der Waals surface area contributed by atoms with Gasteiger partial charge in [-0.05, 0) is 38.1 Å². The molecule has 9 heteroatoms. The van der Waals surface area contributed by atoms with Gasteiger partial charge in [-0.25, -0.2) is 9.07 Å². The van der Waals surface area contributed by atoms with Crippen LogP contribution in [0.5, 0.6) is 0 Å². The molecule has 3 N–H and O–H groups in total. The SMILES string of the molecule is Cc1ccc(NCC(=O)NNC(=O)c2nn(-c3ccccc3F)c(C)cc2=O)cc1. The second kappa shape index (κ2) is 8.99. The summed E-state index contributed by atoms with van der Waals surface area (Å²) in [5.74, 6) is -1.99. The molecule has 0 bridgehead atoms. The number of nitrogens with one attached hydrogen (secondary N) is 3. The third kappa shape index (κ3) is 4.88. The van der Waals surface area contributed by atoms with E-state index in [0.717, 1.165) is 15.9 Å². The maximum absolute atomic E-state index is 14.1. The molecule has 30 heavy (non-hydrogen) atoms. The highest BCUT2D eigenvalue weighted by Gasteiger charge is 2.17. The fourth-order valence-electron chi connectivity index (χ4n) is 2.66. The molecule has 0 aliphatic rings. The lowest BCUT2D eigenvalue weighted by molar-refractivity contribution is -0.120. The second-order valence-corrected chi connectivity index (χ2v) is 6.58. The Bertz CT molecular complexity index is 1140. The summed E-state index contributed by atoms with van der Waals surface area (Å²) in [7, 11) is 0. The van der Waals surface area contributed by atoms with Crippen molar-refractivity contribution in [2.45, 2.75) is 13.8 Å². The van der Waals surface area contributed by atoms with Crippen LogP contribution in [-0.4, -0.2) is 28.1 Å². The van der Waals surface area contributed by atoms with Gasteiger partial charge in [0.25, 0.3) is 11.8 Å². The molecule has 0 unspecified atom stereocenters. The minimum Gasteiger partial charge on any atom is -0.376 e. The summed E-state index contributed by atoms with van der Waals surface area (Å²) in [6.07, 6.45) is 0. The van der Waals surface area contributed by atoms with Crippen LogP contribution in [0.3, 0.4) is 0 Å². The highest BCUT2D eigenvalue weighted by atomic mass is 19.1. The zero-order chi connectivity index (χ0) is 21.7. The van der Waals surface area contributed by atoms with Crippen LogP contribution in [0.15, 0.2) is 59.4 Å². The zero-order valence-corrected chi connectivity index (χ0v) is 16.4. The summed E-state index contributed by atoms with van der Waals surface area (Å²) in [4.78, 5) is 36.5. The molecule has 0 radical (unpaired) electrons. The summed E-state index contributed by atoms with van der Waals surface area (Å²) in [5, 5.41) is 6.87. The van der Waals surface area contributed by atoms with Crippen LogP contribution in [-0.2, 0) is 4.79 Å². The lowest BCUT2D eigenvalue weighted by Gasteiger charge is -2.12. The predicted octanol–water partition coefficient (Wildman–Crippen LogP) is 1.86. The Morgan fingerprint density at radius 1 is 1.03 bits per heavy atom. The minimum absolute atomic E-state index is 0.0929. The number of aryl methyl sites for hydroxylation is 2. The highest BCUT2D eigenvalue weighted by Crippen LogP contribution is 2.13. The molecular formula is C21H20FN5O3. The van der Waals surface area contributed by atoms with Gasteiger partial charge in [-0.2, -0.15) is 5.10 Å². The Morgan fingerprint density at radius 2 is 1.73 bits per heavy atom. The van der Waals surface area contributed by atoms with Crippen molar-refractivity contribution in [2.24, 2.45) is 0 Å². The number of nitrogens with zero attached hydrogens (tertiary/aromatic N) is 2. The van der Waals surface area contributed by atoms with Crippen molar-refractivity contribution >= 4 is 17.5 Å². The van der Waals surface area contributed by atoms with Crippen LogP contribution in [0.1, 0.15) is 21.7 Å². The molecule has 1 aromatic heterocycles. The largest absolute Gasteiger partial charge is 0.376 e. The topological polar surface area (TPSA) is 105 Å². The average molecular weight is 409 g/mol. The Balaban J connectivity index is 1.67. The van der Waals surface area contributed by atoms with Crippen molar-refractivity contribution in [2.75, 3.05) is 11.9 Å². The minimum atomic E-state index is -0.909. The molecular weight excluding hydrogens is 389 g/mol. The van der Waals surface area contributed by atoms with E-state index in [4.69, 9.17) is 0 Å². The molecule has 3 aromatic rings. The molecule has 1 heterocycles. The van der Waals surface area contributed by atoms with E-state index in [1.807, 2.05) is 31.2 Å². The van der Waals surface area contributed by atoms with Crippen LogP contribution < -0.4 is 21.6 Å². The quantitative estimate of drug-likeness (QED) is 0.558. The molecule has 0 aliphatic carbocycles. The van der Waals surface area contributed by atoms with Crippen molar-refractivity contribution in [3.8, 4) is 5.69 Å². The number of carbonyl (C=O) groups is 2. The number of rotatable bonds is 5. The van der Waals surface area contributed by atoms with Crippen molar-refractivity contribution in [1.29, 1.82) is 0 Å². The monoisotopic (exact) mass is 409 g/mol. The van der Waals surface area contributed by atoms with E-state index < -0.39 is 28.8 Å². The number of hydrazine groups is 1. The third-order valence-electron chi connectivity index (χ3n) is 4.22. The van der Waals surface area contributed by atoms with Crippen LogP contribution >= 0.6 is 0 Å². The van der Waals surface area contributed by atoms with Crippen molar-refractivity contribution in [3.63, 3.8) is 0 Å². The zero-order valence-electron chi connectivity index (χ0n) is 16.4. The molecule has 154 valence electrons. The van der Waals surface area contributed by atoms with E-state index in [0.29, 0.717) is 5.69 Å². The number of hydrogen-bond acceptors (Lipinski definition) is 5. The summed E-state index contributed by atoms with van der Waals surface area (Å²) >= 11 is 0. The van der Waals surface area contributed by atoms with Gasteiger partial charge < -0.3 is 5.32 Å². The standard InChI is InChI=1S/C21H20FN5O3/c1-13-7-9-15(10-8-13)23-12-19(29)24-25-21(30)20-18(28)11-14(2)27(26-20)17-6-4-3-5-16(17)22/h3-11,23H,12H2,1-2H3,(H,24,29)(H,25,30). The molecule has 0 fully saturated rings. The van der Waals surface area contributed by atoms with Gasteiger partial charge in [-0.1, -0.05) is 29.8 Å². The Morgan fingerprint density at radius 3 is 2.43 bits per heavy atom. The Kier molecular flexibility index (Phi) is 6.21. The lowest BCUT2D eigenvalue weighted by atomic mass is 10.2. The van der Waals surface area contributed by atoms with Gasteiger partial charge in [0, 0.05) is 17.4 Å². The summed E-state index contributed by atoms with van der Waals surface area (Å²) in [6.45, 7) is 3.43. The van der Waals surface area contributed by atoms with Crippen LogP contribution in [0.25, 0.3) is 5.69 Å². The van der Waals surface area contributed by atoms with Gasteiger partial charge >= 0.3 is 0 Å². The molecule has 0 saturated heterocycles. The first-order chi connectivity index (χ1) is 14.3. The predicted molar refractivity (Wildman–Crippen MR) is 110 cm³/mol. The van der Waals surface area contributed by atoms with Crippen LogP contribution in [0.4, 0.5) is 10.1 Å². The maximum Gasteiger partial charge on any atom is 0.294 e. The number of benzene rings is 2. The number of aromatic nitrogens is 2. The van der Waals surface area contributed by atoms with Gasteiger partial charge in [-0.3, -0.25) is 25.2 Å². The first kappa shape index (κ1) is 20.7. The number of halogens is 1. The van der Waals surface area contributed by atoms with Crippen LogP contribution in [0, 0.1) is 19.7 Å². The normalized spacial score (nSPS) is 10.4. The number of hydrogen-bond donors (Lipinski definition) is 3. The van der Waals surface area contributed by atoms with Gasteiger partial charge in [0.2, 0.25) is 5.43 Å². The van der Waals surface area contributed by atoms with Crippen molar-refractivity contribution in [1.82, 2.24) is 20.6 Å². The summed E-state index contributed by atoms with van der Waals surface area (Å²) < 4.78 is 15.2. The van der Waals surface area contributed by atoms with E-state index in [-0.39, 0.29) is 12.2 Å². The smallest absolute Gasteiger partial charge is 0.294 e. The molecule has 0 aliphatic heterocycles. The number of anilines is 1. The van der Waals surface area contributed by atoms with E-state index >= 15 is 0 Å². The van der Waals surface area contributed by atoms with Crippen LogP contribution in [0.2, 0.25) is 0 Å². The molecule has 0 spiro atoms. The number of amides is 2. The number of carbonyl (C=O) groups excluding carboxylic acids is 2. The molecule has 2 amide bonds. The first-order valence-electron chi connectivity index (χ1n) is 9.11. The Labute approximate surface area is 171 Å². The van der Waals surface area contributed by atoms with E-state index in [2.05, 4.69) is 21.3 Å². The molecule has 3 rings (SSSR count). The fourth-order valence-corrected chi connectivity index (χ4v) is 2.66. The molecule has 2 aromatic carbocycles. The average Bonchev–Trinajstić information content (AvgIpc) is 2.72. The van der Waals surface area contributed by atoms with Gasteiger partial charge in [0.05, 0.1) is 6.54 Å². The van der Waals surface area contributed by atoms with E-state index in [1.165, 1.54) is 24.3 Å². The lowest BCUT2D eigenvalue weighted by Crippen LogP contribution is -2.46. The molecule has 8 nitrogen and oxygen atoms in total. The molecule has 0 atom stereocenters. The summed E-state index contributed by atoms with van der Waals surface area (Å²) in [5.41, 5.74) is 5.52. The fraction of sp³-hybridized carbons (Fsp3) is 0.143. The first-order valence-corrected chi connectivity index (χ1v) is 9.11. The van der Waals surface area contributed by atoms with E-state index in [1.54, 1.807) is 13.0 Å². The number of para-hydroxylation sites is 1. The highest BCUT2D eigenvalue weighted by molar-refractivity contribution is 5.93. The third-order valence-corrected chi connectivity index (χ3v) is 4.22. The van der Waals surface area contributed by atoms with Gasteiger partial charge in [0.15, 0.2) is 5.69 Å². The van der Waals surface area contributed by atoms with Crippen molar-refractivity contribution < 1.29 is 14.0 Å². The van der Waals surface area contributed by atoms with E-state index in [9.17, 15) is 18.8 Å². The van der Waals surface area contributed by atoms with Gasteiger partial charge in [0.1, 0.15) is 11.5 Å². The maximum atomic E-state index is 14.1. The summed E-state index contributed by atoms with van der Waals surface area (Å²) in [6, 6.07) is 14.5. The second-order valence-electron chi connectivity index (χ2n) is 6.58. The molecule has 0 saturated carbocycles. The van der Waals surface area contributed by atoms with Gasteiger partial charge in [-0.15, -0.1) is 0 Å². The Hall–Kier alpha value is -4.01. The van der Waals surface area contributed by atoms with Crippen molar-refractivity contribution in [3.05, 3.63) is 87.6 Å².